The molecule has 0 spiro atoms. The van der Waals surface area contributed by atoms with Gasteiger partial charge in [-0.1, -0.05) is 19.9 Å². The van der Waals surface area contributed by atoms with Crippen LogP contribution in [0.3, 0.4) is 0 Å². The van der Waals surface area contributed by atoms with Crippen molar-refractivity contribution in [1.29, 1.82) is 0 Å². The zero-order valence-electron chi connectivity index (χ0n) is 6.80. The van der Waals surface area contributed by atoms with E-state index in [1.807, 2.05) is 13.8 Å². The van der Waals surface area contributed by atoms with Crippen molar-refractivity contribution < 1.29 is 9.59 Å². The molecule has 1 heterocycles. The monoisotopic (exact) mass is 173 g/mol. The highest BCUT2D eigenvalue weighted by molar-refractivity contribution is 8.18. The Morgan fingerprint density at radius 3 is 2.09 bits per heavy atom. The van der Waals surface area contributed by atoms with Gasteiger partial charge in [-0.25, -0.2) is 0 Å². The average molecular weight is 173 g/mol. The first-order valence-electron chi connectivity index (χ1n) is 3.43. The lowest BCUT2D eigenvalue weighted by Gasteiger charge is -1.81. The highest BCUT2D eigenvalue weighted by atomic mass is 32.2. The van der Waals surface area contributed by atoms with Gasteiger partial charge < -0.3 is 0 Å². The Balaban J connectivity index is 0.000000461. The van der Waals surface area contributed by atoms with Gasteiger partial charge in [0.05, 0.1) is 4.91 Å². The van der Waals surface area contributed by atoms with Crippen molar-refractivity contribution in [2.24, 2.45) is 0 Å². The van der Waals surface area contributed by atoms with Gasteiger partial charge in [-0.15, -0.1) is 0 Å². The molecule has 2 amide bonds. The molecule has 1 aliphatic heterocycles. The maximum absolute atomic E-state index is 10.6. The van der Waals surface area contributed by atoms with E-state index in [0.717, 1.165) is 11.8 Å². The summed E-state index contributed by atoms with van der Waals surface area (Å²) in [5.74, 6) is -0.285. The number of nitrogens with one attached hydrogen (secondary N) is 1. The third kappa shape index (κ3) is 2.76. The fourth-order valence-corrected chi connectivity index (χ4v) is 1.12. The standard InChI is InChI=1S/C5H5NO2S.C2H6/c1-2-3-4(7)6-5(8)9-3;1-2/h2H,1H3,(H,6,7,8);1-2H3/b3-2+;. The molecule has 0 radical (unpaired) electrons. The molecule has 1 fully saturated rings. The van der Waals surface area contributed by atoms with Crippen LogP contribution >= 0.6 is 11.8 Å². The highest BCUT2D eigenvalue weighted by Crippen LogP contribution is 2.21. The summed E-state index contributed by atoms with van der Waals surface area (Å²) in [6, 6.07) is 0. The summed E-state index contributed by atoms with van der Waals surface area (Å²) in [5.41, 5.74) is 0. The molecular weight excluding hydrogens is 162 g/mol. The molecule has 1 rings (SSSR count). The molecule has 1 N–H and O–H groups in total. The first-order valence-corrected chi connectivity index (χ1v) is 4.25. The second kappa shape index (κ2) is 4.96. The van der Waals surface area contributed by atoms with Crippen LogP contribution in [0.25, 0.3) is 0 Å². The van der Waals surface area contributed by atoms with Crippen LogP contribution in [-0.2, 0) is 4.79 Å². The predicted octanol–water partition coefficient (Wildman–Crippen LogP) is 1.90. The van der Waals surface area contributed by atoms with E-state index in [9.17, 15) is 9.59 Å². The van der Waals surface area contributed by atoms with Crippen molar-refractivity contribution in [1.82, 2.24) is 5.32 Å². The number of thioether (sulfide) groups is 1. The lowest BCUT2D eigenvalue weighted by molar-refractivity contribution is -0.115. The normalized spacial score (nSPS) is 19.4. The molecule has 0 aromatic heterocycles. The molecule has 0 unspecified atom stereocenters. The minimum Gasteiger partial charge on any atom is -0.282 e. The van der Waals surface area contributed by atoms with Crippen LogP contribution < -0.4 is 5.32 Å². The first-order chi connectivity index (χ1) is 5.24. The Hall–Kier alpha value is -0.770. The van der Waals surface area contributed by atoms with Crippen LogP contribution in [0.5, 0.6) is 0 Å². The lowest BCUT2D eigenvalue weighted by atomic mass is 10.5. The zero-order chi connectivity index (χ0) is 8.85. The quantitative estimate of drug-likeness (QED) is 0.569. The SMILES string of the molecule is C/C=C1/SC(=O)NC1=O.CC. The number of allylic oxidation sites excluding steroid dienone is 1. The molecular formula is C7H11NO2S. The fourth-order valence-electron chi connectivity index (χ4n) is 0.516. The first kappa shape index (κ1) is 10.2. The molecule has 0 aromatic rings. The predicted molar refractivity (Wildman–Crippen MR) is 46.2 cm³/mol. The minimum absolute atomic E-state index is 0.284. The zero-order valence-corrected chi connectivity index (χ0v) is 7.62. The van der Waals surface area contributed by atoms with Crippen molar-refractivity contribution in [2.75, 3.05) is 0 Å². The molecule has 0 atom stereocenters. The van der Waals surface area contributed by atoms with E-state index < -0.39 is 0 Å². The Labute approximate surface area is 70.2 Å². The maximum atomic E-state index is 10.6. The van der Waals surface area contributed by atoms with Crippen molar-refractivity contribution in [3.63, 3.8) is 0 Å². The van der Waals surface area contributed by atoms with Crippen LogP contribution in [0.15, 0.2) is 11.0 Å². The van der Waals surface area contributed by atoms with Crippen LogP contribution in [0.1, 0.15) is 20.8 Å². The van der Waals surface area contributed by atoms with E-state index >= 15 is 0 Å². The molecule has 0 aromatic carbocycles. The van der Waals surface area contributed by atoms with Gasteiger partial charge >= 0.3 is 0 Å². The summed E-state index contributed by atoms with van der Waals surface area (Å²) in [5, 5.41) is 1.85. The fraction of sp³-hybridized carbons (Fsp3) is 0.429. The summed E-state index contributed by atoms with van der Waals surface area (Å²) in [6.07, 6.45) is 1.62. The van der Waals surface area contributed by atoms with Crippen LogP contribution in [0, 0.1) is 0 Å². The van der Waals surface area contributed by atoms with Gasteiger partial charge in [-0.2, -0.15) is 0 Å². The van der Waals surface area contributed by atoms with Crippen molar-refractivity contribution >= 4 is 22.9 Å². The molecule has 0 bridgehead atoms. The van der Waals surface area contributed by atoms with E-state index in [1.54, 1.807) is 13.0 Å². The second-order valence-electron chi connectivity index (χ2n) is 1.50. The lowest BCUT2D eigenvalue weighted by Crippen LogP contribution is -2.17. The number of imide groups is 1. The largest absolute Gasteiger partial charge is 0.290 e. The maximum Gasteiger partial charge on any atom is 0.290 e. The summed E-state index contributed by atoms with van der Waals surface area (Å²) >= 11 is 0.935. The van der Waals surface area contributed by atoms with Gasteiger partial charge in [0.2, 0.25) is 0 Å². The van der Waals surface area contributed by atoms with E-state index in [1.165, 1.54) is 0 Å². The van der Waals surface area contributed by atoms with Gasteiger partial charge in [0.25, 0.3) is 11.1 Å². The number of hydrogen-bond donors (Lipinski definition) is 1. The third-order valence-corrected chi connectivity index (χ3v) is 1.83. The van der Waals surface area contributed by atoms with E-state index in [-0.39, 0.29) is 11.1 Å². The summed E-state index contributed by atoms with van der Waals surface area (Å²) in [7, 11) is 0. The van der Waals surface area contributed by atoms with E-state index in [4.69, 9.17) is 0 Å². The number of rotatable bonds is 0. The molecule has 1 saturated heterocycles. The van der Waals surface area contributed by atoms with Gasteiger partial charge in [-0.3, -0.25) is 14.9 Å². The summed E-state index contributed by atoms with van der Waals surface area (Å²) in [6.45, 7) is 5.72. The van der Waals surface area contributed by atoms with Crippen molar-refractivity contribution in [3.05, 3.63) is 11.0 Å². The molecule has 62 valence electrons. The summed E-state index contributed by atoms with van der Waals surface area (Å²) in [4.78, 5) is 21.5. The van der Waals surface area contributed by atoms with Gasteiger partial charge in [0.1, 0.15) is 0 Å². The van der Waals surface area contributed by atoms with Crippen molar-refractivity contribution in [2.45, 2.75) is 20.8 Å². The Bertz CT molecular complexity index is 199. The third-order valence-electron chi connectivity index (χ3n) is 0.904. The molecule has 1 aliphatic rings. The number of amides is 2. The number of carbonyl (C=O) groups excluding carboxylic acids is 2. The van der Waals surface area contributed by atoms with Crippen LogP contribution in [0.4, 0.5) is 4.79 Å². The van der Waals surface area contributed by atoms with Gasteiger partial charge in [0.15, 0.2) is 0 Å². The Kier molecular flexibility index (Phi) is 4.61. The molecule has 4 heteroatoms. The van der Waals surface area contributed by atoms with Gasteiger partial charge in [-0.05, 0) is 18.7 Å². The Morgan fingerprint density at radius 2 is 1.91 bits per heavy atom. The van der Waals surface area contributed by atoms with Crippen molar-refractivity contribution in [3.8, 4) is 0 Å². The van der Waals surface area contributed by atoms with Crippen LogP contribution in [0.2, 0.25) is 0 Å². The highest BCUT2D eigenvalue weighted by Gasteiger charge is 2.23. The molecule has 11 heavy (non-hydrogen) atoms. The molecule has 0 saturated carbocycles. The van der Waals surface area contributed by atoms with E-state index in [0.29, 0.717) is 4.91 Å². The minimum atomic E-state index is -0.285. The number of hydrogen-bond acceptors (Lipinski definition) is 3. The summed E-state index contributed by atoms with van der Waals surface area (Å²) < 4.78 is 0. The Morgan fingerprint density at radius 1 is 1.36 bits per heavy atom. The van der Waals surface area contributed by atoms with Crippen LogP contribution in [-0.4, -0.2) is 11.1 Å². The average Bonchev–Trinajstić information content (AvgIpc) is 2.33. The topological polar surface area (TPSA) is 46.2 Å². The number of carbonyl (C=O) groups is 2. The smallest absolute Gasteiger partial charge is 0.282 e. The van der Waals surface area contributed by atoms with E-state index in [2.05, 4.69) is 5.32 Å². The molecule has 3 nitrogen and oxygen atoms in total. The molecule has 0 aliphatic carbocycles. The van der Waals surface area contributed by atoms with Gasteiger partial charge in [0, 0.05) is 0 Å². The second-order valence-corrected chi connectivity index (χ2v) is 2.51.